The molecule has 10 nitrogen and oxygen atoms in total. The van der Waals surface area contributed by atoms with Gasteiger partial charge in [0.2, 0.25) is 11.8 Å². The van der Waals surface area contributed by atoms with Gasteiger partial charge in [0.15, 0.2) is 23.1 Å². The van der Waals surface area contributed by atoms with Crippen molar-refractivity contribution in [2.24, 2.45) is 28.0 Å². The van der Waals surface area contributed by atoms with Gasteiger partial charge in [0.25, 0.3) is 0 Å². The van der Waals surface area contributed by atoms with Crippen LogP contribution in [0, 0.1) is 17.8 Å². The van der Waals surface area contributed by atoms with Crippen LogP contribution in [-0.2, 0) is 19.2 Å². The number of halogens is 1. The third kappa shape index (κ3) is 5.18. The molecular formula is C37H31BrN4O6. The highest BCUT2D eigenvalue weighted by Crippen LogP contribution is 2.56. The van der Waals surface area contributed by atoms with Crippen molar-refractivity contribution in [1.82, 2.24) is 0 Å². The van der Waals surface area contributed by atoms with E-state index in [2.05, 4.69) is 26.2 Å². The van der Waals surface area contributed by atoms with Gasteiger partial charge in [-0.3, -0.25) is 24.1 Å². The molecule has 242 valence electrons. The number of carbonyl (C=O) groups excluding carboxylic acids is 4. The number of phenolic OH excluding ortho intramolecular Hbond substituents is 1. The average molecular weight is 708 g/mol. The predicted octanol–water partition coefficient (Wildman–Crippen LogP) is 6.85. The monoisotopic (exact) mass is 706 g/mol. The summed E-state index contributed by atoms with van der Waals surface area (Å²) in [7, 11) is 5.37. The van der Waals surface area contributed by atoms with Gasteiger partial charge in [-0.2, -0.15) is 10.2 Å². The number of imide groups is 1. The van der Waals surface area contributed by atoms with Crippen molar-refractivity contribution in [2.75, 3.05) is 31.0 Å². The number of aromatic hydroxyl groups is 1. The van der Waals surface area contributed by atoms with Crippen molar-refractivity contribution in [3.05, 3.63) is 106 Å². The maximum Gasteiger partial charge on any atom is 0.238 e. The fourth-order valence-electron chi connectivity index (χ4n) is 7.33. The van der Waals surface area contributed by atoms with Crippen LogP contribution in [0.15, 0.2) is 110 Å². The molecule has 0 aromatic heterocycles. The van der Waals surface area contributed by atoms with Gasteiger partial charge in [-0.1, -0.05) is 17.7 Å². The lowest BCUT2D eigenvalue weighted by molar-refractivity contribution is -0.123. The van der Waals surface area contributed by atoms with Gasteiger partial charge in [0.1, 0.15) is 0 Å². The summed E-state index contributed by atoms with van der Waals surface area (Å²) < 4.78 is 5.38. The molecule has 1 heterocycles. The number of rotatable bonds is 6. The summed E-state index contributed by atoms with van der Waals surface area (Å²) >= 11 is 3.25. The number of azo groups is 1. The molecule has 1 saturated heterocycles. The highest BCUT2D eigenvalue weighted by molar-refractivity contribution is 9.12. The molecule has 1 N–H and O–H groups in total. The molecular weight excluding hydrogens is 676 g/mol. The molecule has 11 heteroatoms. The number of hydrogen-bond donors (Lipinski definition) is 1. The van der Waals surface area contributed by atoms with Crippen LogP contribution in [0.25, 0.3) is 0 Å². The van der Waals surface area contributed by atoms with E-state index in [1.807, 2.05) is 49.3 Å². The summed E-state index contributed by atoms with van der Waals surface area (Å²) in [5.74, 6) is -3.63. The highest BCUT2D eigenvalue weighted by Gasteiger charge is 2.56. The smallest absolute Gasteiger partial charge is 0.238 e. The largest absolute Gasteiger partial charge is 0.504 e. The van der Waals surface area contributed by atoms with Gasteiger partial charge in [0.05, 0.1) is 40.5 Å². The van der Waals surface area contributed by atoms with Gasteiger partial charge in [-0.05, 0) is 101 Å². The number of Topliss-reactive ketones (excluding diaryl/α,β-unsaturated/α-hetero) is 1. The maximum atomic E-state index is 14.2. The third-order valence-corrected chi connectivity index (χ3v) is 10.2. The molecule has 2 amide bonds. The molecule has 48 heavy (non-hydrogen) atoms. The first-order valence-electron chi connectivity index (χ1n) is 15.5. The van der Waals surface area contributed by atoms with Crippen LogP contribution in [0.2, 0.25) is 0 Å². The molecule has 1 aliphatic heterocycles. The Kier molecular flexibility index (Phi) is 7.95. The Balaban J connectivity index is 1.19. The molecule has 0 saturated carbocycles. The van der Waals surface area contributed by atoms with Gasteiger partial charge in [0, 0.05) is 42.9 Å². The zero-order valence-corrected chi connectivity index (χ0v) is 28.0. The fourth-order valence-corrected chi connectivity index (χ4v) is 7.78. The Labute approximate surface area is 285 Å². The molecule has 4 aliphatic rings. The number of methoxy groups -OCH3 is 1. The third-order valence-electron chi connectivity index (χ3n) is 9.62. The number of anilines is 2. The summed E-state index contributed by atoms with van der Waals surface area (Å²) in [5.41, 5.74) is 4.77. The van der Waals surface area contributed by atoms with Crippen LogP contribution in [0.4, 0.5) is 22.7 Å². The van der Waals surface area contributed by atoms with Gasteiger partial charge < -0.3 is 14.7 Å². The number of hydrogen-bond acceptors (Lipinski definition) is 9. The summed E-state index contributed by atoms with van der Waals surface area (Å²) in [5, 5.41) is 19.3. The molecule has 7 rings (SSSR count). The van der Waals surface area contributed by atoms with Crippen LogP contribution in [0.3, 0.4) is 0 Å². The van der Waals surface area contributed by atoms with Crippen molar-refractivity contribution < 1.29 is 29.0 Å². The summed E-state index contributed by atoms with van der Waals surface area (Å²) in [6, 6.07) is 19.3. The van der Waals surface area contributed by atoms with Crippen LogP contribution in [0.5, 0.6) is 11.5 Å². The Morgan fingerprint density at radius 3 is 2.19 bits per heavy atom. The summed E-state index contributed by atoms with van der Waals surface area (Å²) in [6.45, 7) is 0. The van der Waals surface area contributed by atoms with Crippen LogP contribution >= 0.6 is 15.9 Å². The van der Waals surface area contributed by atoms with E-state index in [4.69, 9.17) is 4.74 Å². The van der Waals surface area contributed by atoms with E-state index in [1.165, 1.54) is 24.2 Å². The number of nitrogens with zero attached hydrogens (tertiary/aromatic N) is 4. The number of carbonyl (C=O) groups is 4. The molecule has 3 aromatic rings. The zero-order chi connectivity index (χ0) is 33.9. The van der Waals surface area contributed by atoms with Crippen LogP contribution in [-0.4, -0.2) is 49.7 Å². The topological polar surface area (TPSA) is 129 Å². The molecule has 4 atom stereocenters. The molecule has 1 fully saturated rings. The van der Waals surface area contributed by atoms with E-state index in [1.54, 1.807) is 36.4 Å². The minimum Gasteiger partial charge on any atom is -0.504 e. The standard InChI is InChI=1S/C37H31BrN4O6/c1-41(2)22-9-5-20(6-10-22)39-40-21-7-11-23(12-8-21)42-36(46)25-14-13-24-26(33(25)37(42)47)17-27-34(30(44)18-28(38)35(27)45)32(24)19-4-15-31(48-3)29(43)16-19/h4-13,15-16,18,25-26,32-33,43H,14,17H2,1-3H3. The second-order valence-electron chi connectivity index (χ2n) is 12.5. The van der Waals surface area contributed by atoms with Crippen molar-refractivity contribution in [3.63, 3.8) is 0 Å². The fraction of sp³-hybridized carbons (Fsp3) is 0.243. The SMILES string of the molecule is COc1ccc(C2C3=CCC4C(=O)N(c5ccc(N=Nc6ccc(N(C)C)cc6)cc5)C(=O)C4C3CC3=C2C(=O)C=C(Br)C3=O)cc1O. The second-order valence-corrected chi connectivity index (χ2v) is 13.3. The maximum absolute atomic E-state index is 14.2. The molecule has 0 radical (unpaired) electrons. The number of ketones is 2. The van der Waals surface area contributed by atoms with Crippen molar-refractivity contribution in [3.8, 4) is 11.5 Å². The lowest BCUT2D eigenvalue weighted by atomic mass is 9.59. The Bertz CT molecular complexity index is 2010. The quantitative estimate of drug-likeness (QED) is 0.129. The number of fused-ring (bicyclic) bond motifs is 3. The number of benzene rings is 3. The minimum absolute atomic E-state index is 0.108. The van der Waals surface area contributed by atoms with Gasteiger partial charge in [-0.25, -0.2) is 0 Å². The van der Waals surface area contributed by atoms with E-state index >= 15 is 0 Å². The van der Waals surface area contributed by atoms with Gasteiger partial charge >= 0.3 is 0 Å². The number of amides is 2. The minimum atomic E-state index is -0.724. The van der Waals surface area contributed by atoms with Crippen LogP contribution < -0.4 is 14.5 Å². The Morgan fingerprint density at radius 1 is 0.896 bits per heavy atom. The molecule has 0 bridgehead atoms. The first-order chi connectivity index (χ1) is 23.1. The van der Waals surface area contributed by atoms with E-state index in [0.717, 1.165) is 11.3 Å². The first kappa shape index (κ1) is 31.4. The molecule has 3 aromatic carbocycles. The van der Waals surface area contributed by atoms with Gasteiger partial charge in [-0.15, -0.1) is 0 Å². The number of phenols is 1. The van der Waals surface area contributed by atoms with Crippen LogP contribution in [0.1, 0.15) is 24.3 Å². The van der Waals surface area contributed by atoms with E-state index in [9.17, 15) is 24.3 Å². The number of allylic oxidation sites excluding steroid dienone is 6. The molecule has 4 unspecified atom stereocenters. The summed E-state index contributed by atoms with van der Waals surface area (Å²) in [6.07, 6.45) is 3.67. The first-order valence-corrected chi connectivity index (χ1v) is 16.3. The van der Waals surface area contributed by atoms with E-state index in [-0.39, 0.29) is 45.8 Å². The molecule has 0 spiro atoms. The van der Waals surface area contributed by atoms with Crippen molar-refractivity contribution in [1.29, 1.82) is 0 Å². The zero-order valence-electron chi connectivity index (χ0n) is 26.4. The second kappa shape index (κ2) is 12.1. The highest BCUT2D eigenvalue weighted by atomic mass is 79.9. The van der Waals surface area contributed by atoms with Crippen molar-refractivity contribution in [2.45, 2.75) is 18.8 Å². The van der Waals surface area contributed by atoms with E-state index < -0.39 is 23.7 Å². The van der Waals surface area contributed by atoms with Crippen molar-refractivity contribution >= 4 is 62.1 Å². The lowest BCUT2D eigenvalue weighted by Gasteiger charge is -2.42. The molecule has 3 aliphatic carbocycles. The average Bonchev–Trinajstić information content (AvgIpc) is 3.34. The summed E-state index contributed by atoms with van der Waals surface area (Å²) in [4.78, 5) is 58.2. The number of ether oxygens (including phenoxy) is 1. The lowest BCUT2D eigenvalue weighted by Crippen LogP contribution is -2.39. The predicted molar refractivity (Wildman–Crippen MR) is 183 cm³/mol. The van der Waals surface area contributed by atoms with E-state index in [0.29, 0.717) is 40.2 Å². The normalized spacial score (nSPS) is 23.5. The Morgan fingerprint density at radius 2 is 1.56 bits per heavy atom. The Hall–Kier alpha value is -5.16.